The van der Waals surface area contributed by atoms with Crippen LogP contribution >= 0.6 is 0 Å². The quantitative estimate of drug-likeness (QED) is 0.624. The fourth-order valence-corrected chi connectivity index (χ4v) is 1.12. The Morgan fingerprint density at radius 2 is 1.69 bits per heavy atom. The number of benzene rings is 1. The van der Waals surface area contributed by atoms with Gasteiger partial charge in [-0.2, -0.15) is 0 Å². The van der Waals surface area contributed by atoms with E-state index >= 15 is 0 Å². The minimum absolute atomic E-state index is 0.378. The zero-order chi connectivity index (χ0) is 12.2. The molecule has 0 radical (unpaired) electrons. The van der Waals surface area contributed by atoms with E-state index in [1.165, 1.54) is 13.8 Å². The zero-order valence-electron chi connectivity index (χ0n) is 9.10. The molecule has 0 fully saturated rings. The van der Waals surface area contributed by atoms with Crippen molar-refractivity contribution in [3.63, 3.8) is 0 Å². The van der Waals surface area contributed by atoms with Gasteiger partial charge in [-0.1, -0.05) is 18.2 Å². The van der Waals surface area contributed by atoms with Crippen LogP contribution in [0.2, 0.25) is 0 Å². The van der Waals surface area contributed by atoms with Crippen molar-refractivity contribution in [3.8, 4) is 0 Å². The van der Waals surface area contributed by atoms with E-state index in [1.807, 2.05) is 0 Å². The topological polar surface area (TPSA) is 78.6 Å². The lowest BCUT2D eigenvalue weighted by Crippen LogP contribution is -2.35. The van der Waals surface area contributed by atoms with E-state index in [2.05, 4.69) is 4.74 Å². The summed E-state index contributed by atoms with van der Waals surface area (Å²) in [5, 5.41) is 0. The molecule has 0 saturated carbocycles. The number of amides is 1. The molecule has 0 saturated heterocycles. The first kappa shape index (κ1) is 12.0. The second kappa shape index (κ2) is 4.65. The average Bonchev–Trinajstić information content (AvgIpc) is 2.16. The molecule has 0 aliphatic heterocycles. The van der Waals surface area contributed by atoms with E-state index in [0.29, 0.717) is 5.56 Å². The van der Waals surface area contributed by atoms with Crippen LogP contribution < -0.4 is 5.73 Å². The van der Waals surface area contributed by atoms with Crippen molar-refractivity contribution in [2.24, 2.45) is 5.73 Å². The predicted molar refractivity (Wildman–Crippen MR) is 56.6 cm³/mol. The van der Waals surface area contributed by atoms with Crippen LogP contribution in [0.5, 0.6) is 0 Å². The van der Waals surface area contributed by atoms with Crippen molar-refractivity contribution in [1.29, 1.82) is 0 Å². The van der Waals surface area contributed by atoms with E-state index in [4.69, 9.17) is 10.5 Å². The third-order valence-electron chi connectivity index (χ3n) is 1.69. The summed E-state index contributed by atoms with van der Waals surface area (Å²) in [6.07, 6.45) is -0.995. The summed E-state index contributed by atoms with van der Waals surface area (Å²) in [6, 6.07) is 8.39. The molecular formula is C11H13NO4. The standard InChI is InChI=1S/C11H13NO4/c1-11(2,16-10(12)14)15-9(13)8-6-4-3-5-7-8/h3-7H,1-2H3,(H2,12,14). The molecule has 86 valence electrons. The first-order valence-electron chi connectivity index (χ1n) is 4.67. The molecule has 2 N–H and O–H groups in total. The molecule has 16 heavy (non-hydrogen) atoms. The predicted octanol–water partition coefficient (Wildman–Crippen LogP) is 1.67. The molecule has 1 amide bonds. The fourth-order valence-electron chi connectivity index (χ4n) is 1.12. The highest BCUT2D eigenvalue weighted by Crippen LogP contribution is 2.14. The Balaban J connectivity index is 2.68. The van der Waals surface area contributed by atoms with Crippen LogP contribution in [-0.2, 0) is 9.47 Å². The van der Waals surface area contributed by atoms with Gasteiger partial charge in [0.25, 0.3) is 5.79 Å². The second-order valence-corrected chi connectivity index (χ2v) is 3.58. The Hall–Kier alpha value is -2.04. The molecule has 1 aromatic rings. The van der Waals surface area contributed by atoms with Crippen molar-refractivity contribution in [1.82, 2.24) is 0 Å². The second-order valence-electron chi connectivity index (χ2n) is 3.58. The van der Waals surface area contributed by atoms with Gasteiger partial charge in [0.1, 0.15) is 0 Å². The maximum Gasteiger partial charge on any atom is 0.407 e. The van der Waals surface area contributed by atoms with Gasteiger partial charge in [0.2, 0.25) is 0 Å². The Bertz CT molecular complexity index is 386. The number of primary amides is 1. The van der Waals surface area contributed by atoms with Gasteiger partial charge in [-0.05, 0) is 12.1 Å². The summed E-state index contributed by atoms with van der Waals surface area (Å²) < 4.78 is 9.60. The maximum atomic E-state index is 11.6. The van der Waals surface area contributed by atoms with Crippen LogP contribution in [0.25, 0.3) is 0 Å². The molecule has 0 aliphatic rings. The number of nitrogens with two attached hydrogens (primary N) is 1. The summed E-state index contributed by atoms with van der Waals surface area (Å²) in [5.74, 6) is -1.95. The largest absolute Gasteiger partial charge is 0.419 e. The summed E-state index contributed by atoms with van der Waals surface area (Å²) in [5.41, 5.74) is 5.22. The molecule has 0 aliphatic carbocycles. The van der Waals surface area contributed by atoms with E-state index in [0.717, 1.165) is 0 Å². The molecule has 0 bridgehead atoms. The van der Waals surface area contributed by atoms with Gasteiger partial charge in [-0.15, -0.1) is 0 Å². The van der Waals surface area contributed by atoms with Crippen molar-refractivity contribution < 1.29 is 19.1 Å². The lowest BCUT2D eigenvalue weighted by molar-refractivity contribution is -0.137. The van der Waals surface area contributed by atoms with Crippen LogP contribution in [0.1, 0.15) is 24.2 Å². The summed E-state index contributed by atoms with van der Waals surface area (Å²) in [4.78, 5) is 22.1. The zero-order valence-corrected chi connectivity index (χ0v) is 9.10. The minimum atomic E-state index is -1.38. The third-order valence-corrected chi connectivity index (χ3v) is 1.69. The monoisotopic (exact) mass is 223 g/mol. The SMILES string of the molecule is CC(C)(OC(N)=O)OC(=O)c1ccccc1. The highest BCUT2D eigenvalue weighted by atomic mass is 16.7. The first-order valence-corrected chi connectivity index (χ1v) is 4.67. The molecule has 5 heteroatoms. The highest BCUT2D eigenvalue weighted by molar-refractivity contribution is 5.89. The van der Waals surface area contributed by atoms with Gasteiger partial charge in [0, 0.05) is 13.8 Å². The van der Waals surface area contributed by atoms with Crippen LogP contribution in [0.15, 0.2) is 30.3 Å². The Kier molecular flexibility index (Phi) is 3.50. The molecule has 0 heterocycles. The van der Waals surface area contributed by atoms with Crippen molar-refractivity contribution >= 4 is 12.1 Å². The summed E-state index contributed by atoms with van der Waals surface area (Å²) in [6.45, 7) is 2.86. The number of hydrogen-bond donors (Lipinski definition) is 1. The van der Waals surface area contributed by atoms with Gasteiger partial charge < -0.3 is 15.2 Å². The van der Waals surface area contributed by atoms with Gasteiger partial charge in [0.05, 0.1) is 5.56 Å². The van der Waals surface area contributed by atoms with Crippen LogP contribution in [0, 0.1) is 0 Å². The third kappa shape index (κ3) is 3.61. The minimum Gasteiger partial charge on any atom is -0.419 e. The average molecular weight is 223 g/mol. The Morgan fingerprint density at radius 1 is 1.12 bits per heavy atom. The molecule has 0 aromatic heterocycles. The number of carbonyl (C=O) groups excluding carboxylic acids is 2. The molecule has 0 spiro atoms. The van der Waals surface area contributed by atoms with Gasteiger partial charge in [-0.3, -0.25) is 0 Å². The van der Waals surface area contributed by atoms with Crippen LogP contribution in [0.4, 0.5) is 4.79 Å². The molecule has 0 atom stereocenters. The molecule has 1 rings (SSSR count). The number of hydrogen-bond acceptors (Lipinski definition) is 4. The van der Waals surface area contributed by atoms with Crippen molar-refractivity contribution in [2.75, 3.05) is 0 Å². The Morgan fingerprint density at radius 3 is 2.19 bits per heavy atom. The first-order chi connectivity index (χ1) is 7.41. The lowest BCUT2D eigenvalue weighted by atomic mass is 10.2. The molecule has 5 nitrogen and oxygen atoms in total. The van der Waals surface area contributed by atoms with Crippen LogP contribution in [-0.4, -0.2) is 17.8 Å². The number of esters is 1. The van der Waals surface area contributed by atoms with E-state index < -0.39 is 17.8 Å². The van der Waals surface area contributed by atoms with Gasteiger partial charge in [0.15, 0.2) is 0 Å². The van der Waals surface area contributed by atoms with E-state index in [1.54, 1.807) is 30.3 Å². The van der Waals surface area contributed by atoms with E-state index in [-0.39, 0.29) is 0 Å². The highest BCUT2D eigenvalue weighted by Gasteiger charge is 2.26. The smallest absolute Gasteiger partial charge is 0.407 e. The van der Waals surface area contributed by atoms with Gasteiger partial charge in [-0.25, -0.2) is 9.59 Å². The van der Waals surface area contributed by atoms with E-state index in [9.17, 15) is 9.59 Å². The molecule has 1 aromatic carbocycles. The van der Waals surface area contributed by atoms with Gasteiger partial charge >= 0.3 is 12.1 Å². The molecular weight excluding hydrogens is 210 g/mol. The lowest BCUT2D eigenvalue weighted by Gasteiger charge is -2.23. The normalized spacial score (nSPS) is 10.6. The molecule has 0 unspecified atom stereocenters. The number of ether oxygens (including phenoxy) is 2. The number of carbonyl (C=O) groups is 2. The fraction of sp³-hybridized carbons (Fsp3) is 0.273. The maximum absolute atomic E-state index is 11.6. The van der Waals surface area contributed by atoms with Crippen molar-refractivity contribution in [3.05, 3.63) is 35.9 Å². The summed E-state index contributed by atoms with van der Waals surface area (Å²) >= 11 is 0. The Labute approximate surface area is 93.1 Å². The number of rotatable bonds is 3. The summed E-state index contributed by atoms with van der Waals surface area (Å²) in [7, 11) is 0. The van der Waals surface area contributed by atoms with Crippen molar-refractivity contribution in [2.45, 2.75) is 19.6 Å². The van der Waals surface area contributed by atoms with Crippen LogP contribution in [0.3, 0.4) is 0 Å².